The van der Waals surface area contributed by atoms with Gasteiger partial charge in [0.15, 0.2) is 9.84 Å². The van der Waals surface area contributed by atoms with E-state index in [-0.39, 0.29) is 42.0 Å². The van der Waals surface area contributed by atoms with Gasteiger partial charge in [0.25, 0.3) is 5.56 Å². The van der Waals surface area contributed by atoms with Gasteiger partial charge in [-0.3, -0.25) is 14.2 Å². The molecule has 0 radical (unpaired) electrons. The third-order valence-electron chi connectivity index (χ3n) is 5.12. The maximum absolute atomic E-state index is 12.8. The van der Waals surface area contributed by atoms with Crippen LogP contribution in [0.15, 0.2) is 11.1 Å². The number of nitrogens with zero attached hydrogens (tertiary/aromatic N) is 2. The molecular formula is C17H21N3O4S2. The minimum Gasteiger partial charge on any atom is -0.352 e. The number of nitrogens with one attached hydrogen (secondary N) is 1. The van der Waals surface area contributed by atoms with Crippen molar-refractivity contribution >= 4 is 37.3 Å². The van der Waals surface area contributed by atoms with Crippen LogP contribution in [0, 0.1) is 0 Å². The summed E-state index contributed by atoms with van der Waals surface area (Å²) in [5.41, 5.74) is 1.06. The van der Waals surface area contributed by atoms with Crippen LogP contribution in [0.4, 0.5) is 0 Å². The fraction of sp³-hybridized carbons (Fsp3) is 0.588. The van der Waals surface area contributed by atoms with Gasteiger partial charge >= 0.3 is 0 Å². The van der Waals surface area contributed by atoms with E-state index < -0.39 is 9.84 Å². The smallest absolute Gasteiger partial charge is 0.262 e. The van der Waals surface area contributed by atoms with Crippen LogP contribution in [0.3, 0.4) is 0 Å². The van der Waals surface area contributed by atoms with Crippen molar-refractivity contribution in [1.82, 2.24) is 14.9 Å². The maximum Gasteiger partial charge on any atom is 0.262 e. The van der Waals surface area contributed by atoms with Crippen molar-refractivity contribution < 1.29 is 13.2 Å². The molecule has 0 bridgehead atoms. The molecule has 140 valence electrons. The van der Waals surface area contributed by atoms with Crippen LogP contribution in [0.25, 0.3) is 10.2 Å². The van der Waals surface area contributed by atoms with Gasteiger partial charge in [0.05, 0.1) is 23.2 Å². The summed E-state index contributed by atoms with van der Waals surface area (Å²) in [6.45, 7) is 0.248. The van der Waals surface area contributed by atoms with Gasteiger partial charge in [-0.15, -0.1) is 11.3 Å². The fourth-order valence-corrected chi connectivity index (χ4v) is 6.66. The molecule has 1 N–H and O–H groups in total. The van der Waals surface area contributed by atoms with Crippen LogP contribution in [-0.4, -0.2) is 41.4 Å². The summed E-state index contributed by atoms with van der Waals surface area (Å²) >= 11 is 1.61. The van der Waals surface area contributed by atoms with Crippen LogP contribution in [0.5, 0.6) is 0 Å². The lowest BCUT2D eigenvalue weighted by Gasteiger charge is -2.12. The lowest BCUT2D eigenvalue weighted by molar-refractivity contribution is -0.121. The van der Waals surface area contributed by atoms with Gasteiger partial charge in [-0.2, -0.15) is 0 Å². The van der Waals surface area contributed by atoms with Crippen LogP contribution in [0.1, 0.15) is 36.1 Å². The lowest BCUT2D eigenvalue weighted by Crippen LogP contribution is -2.36. The van der Waals surface area contributed by atoms with Crippen LogP contribution in [0.2, 0.25) is 0 Å². The fourth-order valence-electron chi connectivity index (χ4n) is 3.77. The Morgan fingerprint density at radius 3 is 2.92 bits per heavy atom. The van der Waals surface area contributed by atoms with Crippen LogP contribution >= 0.6 is 11.3 Å². The van der Waals surface area contributed by atoms with Gasteiger partial charge in [-0.05, 0) is 37.7 Å². The average molecular weight is 396 g/mol. The highest BCUT2D eigenvalue weighted by Crippen LogP contribution is 2.33. The van der Waals surface area contributed by atoms with Crippen LogP contribution in [-0.2, 0) is 34.0 Å². The first-order valence-corrected chi connectivity index (χ1v) is 11.6. The zero-order valence-electron chi connectivity index (χ0n) is 14.4. The normalized spacial score (nSPS) is 21.6. The molecule has 0 spiro atoms. The molecular weight excluding hydrogens is 374 g/mol. The Balaban J connectivity index is 1.47. The molecule has 0 aromatic carbocycles. The van der Waals surface area contributed by atoms with E-state index in [9.17, 15) is 18.0 Å². The topological polar surface area (TPSA) is 98.1 Å². The summed E-state index contributed by atoms with van der Waals surface area (Å²) in [6.07, 6.45) is 6.30. The number of sulfone groups is 1. The maximum atomic E-state index is 12.8. The predicted molar refractivity (Wildman–Crippen MR) is 100 cm³/mol. The number of fused-ring (bicyclic) bond motifs is 3. The molecule has 1 amide bonds. The molecule has 2 aromatic heterocycles. The van der Waals surface area contributed by atoms with E-state index in [2.05, 4.69) is 10.3 Å². The standard InChI is InChI=1S/C17H21N3O4S2/c21-14(19-11-6-8-26(23,24)9-11)5-7-20-10-18-16-15(17(20)22)12-3-1-2-4-13(12)25-16/h10-11H,1-9H2,(H,19,21)/t11-/m1/s1. The highest BCUT2D eigenvalue weighted by atomic mass is 32.2. The predicted octanol–water partition coefficient (Wildman–Crippen LogP) is 1.03. The first kappa shape index (κ1) is 17.7. The number of aryl methyl sites for hydroxylation is 3. The SMILES string of the molecule is O=C(CCn1cnc2sc3c(c2c1=O)CCCC3)N[C@@H]1CCS(=O)(=O)C1. The minimum atomic E-state index is -3.02. The van der Waals surface area contributed by atoms with Gasteiger partial charge in [0, 0.05) is 23.9 Å². The van der Waals surface area contributed by atoms with Crippen molar-refractivity contribution in [3.8, 4) is 0 Å². The lowest BCUT2D eigenvalue weighted by atomic mass is 9.97. The Kier molecular flexibility index (Phi) is 4.60. The number of hydrogen-bond donors (Lipinski definition) is 1. The Morgan fingerprint density at radius 1 is 1.35 bits per heavy atom. The second-order valence-electron chi connectivity index (χ2n) is 7.05. The Hall–Kier alpha value is -1.74. The molecule has 4 rings (SSSR count). The molecule has 1 saturated heterocycles. The van der Waals surface area contributed by atoms with Gasteiger partial charge < -0.3 is 5.32 Å². The van der Waals surface area contributed by atoms with Crippen molar-refractivity contribution in [2.24, 2.45) is 0 Å². The van der Waals surface area contributed by atoms with Crippen molar-refractivity contribution in [2.45, 2.75) is 51.1 Å². The summed E-state index contributed by atoms with van der Waals surface area (Å²) in [5.74, 6) is -0.0967. The largest absolute Gasteiger partial charge is 0.352 e. The summed E-state index contributed by atoms with van der Waals surface area (Å²) in [7, 11) is -3.02. The molecule has 1 fully saturated rings. The van der Waals surface area contributed by atoms with Crippen molar-refractivity contribution in [1.29, 1.82) is 0 Å². The minimum absolute atomic E-state index is 0.00719. The number of amides is 1. The third-order valence-corrected chi connectivity index (χ3v) is 8.09. The number of carbonyl (C=O) groups is 1. The van der Waals surface area contributed by atoms with E-state index in [1.54, 1.807) is 11.3 Å². The van der Waals surface area contributed by atoms with Gasteiger partial charge in [0.2, 0.25) is 5.91 Å². The number of carbonyl (C=O) groups excluding carboxylic acids is 1. The van der Waals surface area contributed by atoms with E-state index in [0.29, 0.717) is 6.42 Å². The highest BCUT2D eigenvalue weighted by Gasteiger charge is 2.28. The number of hydrogen-bond acceptors (Lipinski definition) is 6. The van der Waals surface area contributed by atoms with Gasteiger partial charge in [-0.25, -0.2) is 13.4 Å². The summed E-state index contributed by atoms with van der Waals surface area (Å²) < 4.78 is 24.4. The molecule has 2 aliphatic rings. The highest BCUT2D eigenvalue weighted by molar-refractivity contribution is 7.91. The molecule has 0 saturated carbocycles. The quantitative estimate of drug-likeness (QED) is 0.834. The summed E-state index contributed by atoms with van der Waals surface area (Å²) in [4.78, 5) is 31.4. The average Bonchev–Trinajstić information content (AvgIpc) is 3.14. The molecule has 26 heavy (non-hydrogen) atoms. The van der Waals surface area contributed by atoms with E-state index in [0.717, 1.165) is 41.5 Å². The third kappa shape index (κ3) is 3.42. The Morgan fingerprint density at radius 2 is 2.15 bits per heavy atom. The molecule has 0 unspecified atom stereocenters. The van der Waals surface area contributed by atoms with Crippen molar-refractivity contribution in [3.05, 3.63) is 27.1 Å². The molecule has 2 aromatic rings. The molecule has 1 aliphatic carbocycles. The Bertz CT molecular complexity index is 1020. The zero-order chi connectivity index (χ0) is 18.3. The number of aromatic nitrogens is 2. The van der Waals surface area contributed by atoms with Crippen molar-refractivity contribution in [2.75, 3.05) is 11.5 Å². The first-order chi connectivity index (χ1) is 12.4. The molecule has 1 atom stereocenters. The second kappa shape index (κ2) is 6.77. The van der Waals surface area contributed by atoms with Crippen LogP contribution < -0.4 is 10.9 Å². The summed E-state index contributed by atoms with van der Waals surface area (Å²) in [6, 6.07) is -0.311. The van der Waals surface area contributed by atoms with Crippen molar-refractivity contribution in [3.63, 3.8) is 0 Å². The number of rotatable bonds is 4. The molecule has 1 aliphatic heterocycles. The number of thiophene rings is 1. The van der Waals surface area contributed by atoms with E-state index in [1.165, 1.54) is 15.8 Å². The molecule has 3 heterocycles. The Labute approximate surface area is 155 Å². The first-order valence-electron chi connectivity index (χ1n) is 8.92. The zero-order valence-corrected chi connectivity index (χ0v) is 16.0. The summed E-state index contributed by atoms with van der Waals surface area (Å²) in [5, 5.41) is 3.47. The van der Waals surface area contributed by atoms with E-state index >= 15 is 0 Å². The van der Waals surface area contributed by atoms with Gasteiger partial charge in [-0.1, -0.05) is 0 Å². The second-order valence-corrected chi connectivity index (χ2v) is 10.4. The monoisotopic (exact) mass is 395 g/mol. The van der Waals surface area contributed by atoms with E-state index in [1.807, 2.05) is 0 Å². The molecule has 7 nitrogen and oxygen atoms in total. The molecule has 9 heteroatoms. The van der Waals surface area contributed by atoms with E-state index in [4.69, 9.17) is 0 Å². The van der Waals surface area contributed by atoms with Gasteiger partial charge in [0.1, 0.15) is 4.83 Å².